The molecule has 0 aliphatic rings. The van der Waals surface area contributed by atoms with Gasteiger partial charge in [-0.3, -0.25) is 14.4 Å². The summed E-state index contributed by atoms with van der Waals surface area (Å²) < 4.78 is 16.8. The minimum absolute atomic E-state index is 0.100. The molecule has 0 aliphatic heterocycles. The Morgan fingerprint density at radius 1 is 0.263 bits per heavy atom. The second-order valence-electron chi connectivity index (χ2n) is 20.9. The molecule has 0 heterocycles. The third kappa shape index (κ3) is 63.9. The van der Waals surface area contributed by atoms with Crippen molar-refractivity contribution in [3.05, 3.63) is 158 Å². The normalized spacial score (nSPS) is 13.2. The molecular weight excluding hydrogens is 985 g/mol. The van der Waals surface area contributed by atoms with Crippen molar-refractivity contribution >= 4 is 17.9 Å². The highest BCUT2D eigenvalue weighted by Crippen LogP contribution is 2.14. The molecule has 0 bridgehead atoms. The first-order chi connectivity index (χ1) is 39.5. The van der Waals surface area contributed by atoms with Crippen molar-refractivity contribution < 1.29 is 28.6 Å². The summed E-state index contributed by atoms with van der Waals surface area (Å²) in [5.41, 5.74) is 0. The molecule has 0 aromatic carbocycles. The first kappa shape index (κ1) is 75.0. The van der Waals surface area contributed by atoms with E-state index in [9.17, 15) is 14.4 Å². The van der Waals surface area contributed by atoms with Crippen molar-refractivity contribution in [3.63, 3.8) is 0 Å². The van der Waals surface area contributed by atoms with Gasteiger partial charge in [-0.25, -0.2) is 0 Å². The average Bonchev–Trinajstić information content (AvgIpc) is 3.46. The van der Waals surface area contributed by atoms with Crippen LogP contribution in [0.5, 0.6) is 0 Å². The van der Waals surface area contributed by atoms with Gasteiger partial charge in [-0.2, -0.15) is 0 Å². The van der Waals surface area contributed by atoms with E-state index in [1.165, 1.54) is 89.9 Å². The van der Waals surface area contributed by atoms with E-state index < -0.39 is 6.10 Å². The molecule has 450 valence electrons. The Bertz CT molecular complexity index is 1790. The zero-order valence-corrected chi connectivity index (χ0v) is 51.5. The van der Waals surface area contributed by atoms with Crippen LogP contribution < -0.4 is 0 Å². The van der Waals surface area contributed by atoms with Crippen LogP contribution in [0.15, 0.2) is 158 Å². The van der Waals surface area contributed by atoms with Crippen molar-refractivity contribution in [2.24, 2.45) is 0 Å². The Labute approximate surface area is 492 Å². The van der Waals surface area contributed by atoms with Crippen LogP contribution in [0.2, 0.25) is 0 Å². The van der Waals surface area contributed by atoms with E-state index in [4.69, 9.17) is 14.2 Å². The maximum atomic E-state index is 12.8. The molecule has 80 heavy (non-hydrogen) atoms. The van der Waals surface area contributed by atoms with E-state index in [2.05, 4.69) is 179 Å². The zero-order valence-electron chi connectivity index (χ0n) is 51.5. The summed E-state index contributed by atoms with van der Waals surface area (Å²) in [6.45, 7) is 6.41. The molecule has 0 fully saturated rings. The van der Waals surface area contributed by atoms with Gasteiger partial charge >= 0.3 is 17.9 Å². The van der Waals surface area contributed by atoms with Crippen molar-refractivity contribution in [1.29, 1.82) is 0 Å². The molecule has 0 saturated heterocycles. The summed E-state index contributed by atoms with van der Waals surface area (Å²) in [7, 11) is 0. The highest BCUT2D eigenvalue weighted by atomic mass is 16.6. The molecule has 1 unspecified atom stereocenters. The van der Waals surface area contributed by atoms with E-state index in [0.29, 0.717) is 25.7 Å². The van der Waals surface area contributed by atoms with Crippen LogP contribution in [0.1, 0.15) is 271 Å². The minimum atomic E-state index is -0.804. The van der Waals surface area contributed by atoms with Crippen molar-refractivity contribution in [2.45, 2.75) is 277 Å². The first-order valence-corrected chi connectivity index (χ1v) is 32.5. The lowest BCUT2D eigenvalue weighted by atomic mass is 10.1. The topological polar surface area (TPSA) is 78.9 Å². The van der Waals surface area contributed by atoms with Crippen LogP contribution in [-0.4, -0.2) is 37.2 Å². The highest BCUT2D eigenvalue weighted by molar-refractivity contribution is 5.71. The predicted octanol–water partition coefficient (Wildman–Crippen LogP) is 22.5. The monoisotopic (exact) mass is 1100 g/mol. The molecule has 0 amide bonds. The number of allylic oxidation sites excluding steroid dienone is 26. The third-order valence-corrected chi connectivity index (χ3v) is 13.3. The van der Waals surface area contributed by atoms with Gasteiger partial charge in [0.1, 0.15) is 13.2 Å². The van der Waals surface area contributed by atoms with Gasteiger partial charge in [0.05, 0.1) is 0 Å². The number of ether oxygens (including phenoxy) is 3. The number of hydrogen-bond donors (Lipinski definition) is 0. The lowest BCUT2D eigenvalue weighted by Crippen LogP contribution is -2.30. The fourth-order valence-corrected chi connectivity index (χ4v) is 8.42. The quantitative estimate of drug-likeness (QED) is 0.0261. The van der Waals surface area contributed by atoms with Gasteiger partial charge in [-0.05, 0) is 135 Å². The smallest absolute Gasteiger partial charge is 0.306 e. The van der Waals surface area contributed by atoms with Crippen LogP contribution in [0, 0.1) is 0 Å². The second kappa shape index (κ2) is 66.5. The lowest BCUT2D eigenvalue weighted by Gasteiger charge is -2.18. The number of hydrogen-bond acceptors (Lipinski definition) is 6. The van der Waals surface area contributed by atoms with Gasteiger partial charge in [-0.1, -0.05) is 275 Å². The molecular formula is C74H118O6. The van der Waals surface area contributed by atoms with E-state index in [1.807, 2.05) is 0 Å². The summed E-state index contributed by atoms with van der Waals surface area (Å²) >= 11 is 0. The SMILES string of the molecule is CC/C=C\C/C=C\C/C=C\C/C=C\C/C=C\C/C=C\C/C=C\C/C=C\C/C=C\C/C=C\CCCCC(=O)OCC(COC(=O)CCCCCCCC)OC(=O)CCCCCCCCCC/C=C\C/C=C\C/C=C\CCCCCCC. The molecule has 0 N–H and O–H groups in total. The molecule has 0 aliphatic carbocycles. The molecule has 0 aromatic heterocycles. The van der Waals surface area contributed by atoms with E-state index in [1.54, 1.807) is 0 Å². The molecule has 0 rings (SSSR count). The van der Waals surface area contributed by atoms with E-state index >= 15 is 0 Å². The van der Waals surface area contributed by atoms with Gasteiger partial charge in [0.15, 0.2) is 6.10 Å². The van der Waals surface area contributed by atoms with Crippen LogP contribution in [-0.2, 0) is 28.6 Å². The second-order valence-corrected chi connectivity index (χ2v) is 20.9. The van der Waals surface area contributed by atoms with Gasteiger partial charge < -0.3 is 14.2 Å². The van der Waals surface area contributed by atoms with Gasteiger partial charge in [0.2, 0.25) is 0 Å². The molecule has 1 atom stereocenters. The number of esters is 3. The summed E-state index contributed by atoms with van der Waals surface area (Å²) in [5.74, 6) is -0.967. The van der Waals surface area contributed by atoms with Gasteiger partial charge in [-0.15, -0.1) is 0 Å². The lowest BCUT2D eigenvalue weighted by molar-refractivity contribution is -0.167. The summed E-state index contributed by atoms with van der Waals surface area (Å²) in [6.07, 6.45) is 97.1. The fraction of sp³-hybridized carbons (Fsp3) is 0.608. The third-order valence-electron chi connectivity index (χ3n) is 13.3. The Hall–Kier alpha value is -4.97. The largest absolute Gasteiger partial charge is 0.462 e. The van der Waals surface area contributed by atoms with E-state index in [-0.39, 0.29) is 31.1 Å². The first-order valence-electron chi connectivity index (χ1n) is 32.5. The van der Waals surface area contributed by atoms with E-state index in [0.717, 1.165) is 135 Å². The number of carbonyl (C=O) groups excluding carboxylic acids is 3. The zero-order chi connectivity index (χ0) is 57.8. The molecule has 6 heteroatoms. The maximum absolute atomic E-state index is 12.8. The predicted molar refractivity (Wildman–Crippen MR) is 348 cm³/mol. The number of carbonyl (C=O) groups is 3. The fourth-order valence-electron chi connectivity index (χ4n) is 8.42. The van der Waals surface area contributed by atoms with Gasteiger partial charge in [0, 0.05) is 19.3 Å². The summed E-state index contributed by atoms with van der Waals surface area (Å²) in [4.78, 5) is 38.0. The van der Waals surface area contributed by atoms with Crippen LogP contribution >= 0.6 is 0 Å². The Balaban J connectivity index is 4.24. The average molecular weight is 1100 g/mol. The van der Waals surface area contributed by atoms with Crippen molar-refractivity contribution in [1.82, 2.24) is 0 Å². The molecule has 6 nitrogen and oxygen atoms in total. The number of rotatable bonds is 57. The number of unbranched alkanes of at least 4 members (excludes halogenated alkanes) is 20. The van der Waals surface area contributed by atoms with Crippen molar-refractivity contribution in [3.8, 4) is 0 Å². The maximum Gasteiger partial charge on any atom is 0.306 e. The van der Waals surface area contributed by atoms with Crippen molar-refractivity contribution in [2.75, 3.05) is 13.2 Å². The Kier molecular flexibility index (Phi) is 62.4. The standard InChI is InChI=1S/C74H118O6/c1-4-7-10-13-16-18-20-22-24-26-28-30-32-33-34-35-36-37-38-39-40-41-43-44-46-48-50-52-54-56-58-61-64-67-73(76)79-70-71(69-78-72(75)66-63-60-15-12-9-6-3)80-74(77)68-65-62-59-57-55-53-51-49-47-45-42-31-29-27-25-23-21-19-17-14-11-8-5-2/h7,10,16,18,21-24,27-30,33-34,36-37,39-40,42-45,48,50,54,56,71H,4-6,8-9,11-15,17,19-20,25-26,31-32,35,38,41,46-47,49,51-53,55,57-70H2,1-3H3/b10-7-,18-16-,23-21-,24-22-,29-27-,30-28-,34-33-,37-36-,40-39-,44-43-,45-42-,50-48-,56-54-. The highest BCUT2D eigenvalue weighted by Gasteiger charge is 2.19. The van der Waals surface area contributed by atoms with Crippen LogP contribution in [0.4, 0.5) is 0 Å². The Morgan fingerprint density at radius 3 is 0.787 bits per heavy atom. The molecule has 0 radical (unpaired) electrons. The molecule has 0 aromatic rings. The van der Waals surface area contributed by atoms with Gasteiger partial charge in [0.25, 0.3) is 0 Å². The summed E-state index contributed by atoms with van der Waals surface area (Å²) in [5, 5.41) is 0. The molecule has 0 spiro atoms. The van der Waals surface area contributed by atoms with Crippen LogP contribution in [0.3, 0.4) is 0 Å². The van der Waals surface area contributed by atoms with Crippen LogP contribution in [0.25, 0.3) is 0 Å². The minimum Gasteiger partial charge on any atom is -0.462 e. The molecule has 0 saturated carbocycles. The Morgan fingerprint density at radius 2 is 0.487 bits per heavy atom. The summed E-state index contributed by atoms with van der Waals surface area (Å²) in [6, 6.07) is 0.